The largest absolute Gasteiger partial charge is 0.506 e. The van der Waals surface area contributed by atoms with Crippen LogP contribution in [0.5, 0.6) is 5.75 Å². The Morgan fingerprint density at radius 1 is 0.893 bits per heavy atom. The molecule has 0 spiro atoms. The smallest absolute Gasteiger partial charge is 0.229 e. The Labute approximate surface area is 164 Å². The standard InChI is InChI=1S/C23H22N4O/c1-15-12-13-21(28)20(14-15)26-23-25-19-11-7-6-10-18(19)22(27-23)24-16(2)17-8-4-3-5-9-17/h3-14,16,28H,1-2H3,(H2,24,25,26,27). The van der Waals surface area contributed by atoms with Crippen molar-refractivity contribution in [2.75, 3.05) is 10.6 Å². The average molecular weight is 370 g/mol. The van der Waals surface area contributed by atoms with Gasteiger partial charge < -0.3 is 15.7 Å². The molecule has 3 N–H and O–H groups in total. The minimum atomic E-state index is 0.0831. The van der Waals surface area contributed by atoms with Crippen molar-refractivity contribution in [2.45, 2.75) is 19.9 Å². The predicted molar refractivity (Wildman–Crippen MR) is 114 cm³/mol. The lowest BCUT2D eigenvalue weighted by molar-refractivity contribution is 0.477. The molecule has 0 amide bonds. The van der Waals surface area contributed by atoms with Gasteiger partial charge in [0.2, 0.25) is 5.95 Å². The summed E-state index contributed by atoms with van der Waals surface area (Å²) in [6.45, 7) is 4.08. The Bertz CT molecular complexity index is 1110. The number of anilines is 3. The van der Waals surface area contributed by atoms with Crippen LogP contribution in [0, 0.1) is 6.92 Å². The first-order valence-electron chi connectivity index (χ1n) is 9.25. The first-order chi connectivity index (χ1) is 13.6. The molecule has 1 aromatic heterocycles. The van der Waals surface area contributed by atoms with Crippen molar-refractivity contribution in [1.29, 1.82) is 0 Å². The van der Waals surface area contributed by atoms with E-state index in [9.17, 15) is 5.11 Å². The fourth-order valence-electron chi connectivity index (χ4n) is 3.14. The molecular weight excluding hydrogens is 348 g/mol. The summed E-state index contributed by atoms with van der Waals surface area (Å²) in [5.74, 6) is 1.34. The van der Waals surface area contributed by atoms with Gasteiger partial charge in [-0.2, -0.15) is 4.98 Å². The van der Waals surface area contributed by atoms with Crippen molar-refractivity contribution >= 4 is 28.4 Å². The maximum absolute atomic E-state index is 10.1. The van der Waals surface area contributed by atoms with E-state index in [1.54, 1.807) is 6.07 Å². The second kappa shape index (κ2) is 7.56. The van der Waals surface area contributed by atoms with E-state index in [0.29, 0.717) is 11.6 Å². The molecule has 0 aliphatic heterocycles. The molecule has 1 heterocycles. The van der Waals surface area contributed by atoms with E-state index < -0.39 is 0 Å². The maximum Gasteiger partial charge on any atom is 0.229 e. The minimum absolute atomic E-state index is 0.0831. The summed E-state index contributed by atoms with van der Waals surface area (Å²) in [5.41, 5.74) is 3.63. The fourth-order valence-corrected chi connectivity index (χ4v) is 3.14. The van der Waals surface area contributed by atoms with Gasteiger partial charge in [-0.15, -0.1) is 0 Å². The molecule has 0 fully saturated rings. The zero-order valence-corrected chi connectivity index (χ0v) is 15.8. The average Bonchev–Trinajstić information content (AvgIpc) is 2.71. The van der Waals surface area contributed by atoms with Gasteiger partial charge in [0.05, 0.1) is 11.2 Å². The first kappa shape index (κ1) is 17.8. The van der Waals surface area contributed by atoms with Gasteiger partial charge in [0.25, 0.3) is 0 Å². The van der Waals surface area contributed by atoms with Crippen LogP contribution in [-0.2, 0) is 0 Å². The van der Waals surface area contributed by atoms with Crippen molar-refractivity contribution in [3.63, 3.8) is 0 Å². The molecule has 140 valence electrons. The van der Waals surface area contributed by atoms with Crippen molar-refractivity contribution in [3.05, 3.63) is 83.9 Å². The molecule has 0 saturated heterocycles. The van der Waals surface area contributed by atoms with Crippen LogP contribution in [0.3, 0.4) is 0 Å². The third-order valence-corrected chi connectivity index (χ3v) is 4.65. The van der Waals surface area contributed by atoms with E-state index in [-0.39, 0.29) is 11.8 Å². The highest BCUT2D eigenvalue weighted by Gasteiger charge is 2.12. The lowest BCUT2D eigenvalue weighted by Crippen LogP contribution is -2.10. The Morgan fingerprint density at radius 2 is 1.64 bits per heavy atom. The van der Waals surface area contributed by atoms with Crippen LogP contribution >= 0.6 is 0 Å². The van der Waals surface area contributed by atoms with Crippen LogP contribution in [0.2, 0.25) is 0 Å². The number of aromatic nitrogens is 2. The third-order valence-electron chi connectivity index (χ3n) is 4.65. The SMILES string of the molecule is Cc1ccc(O)c(Nc2nc(NC(C)c3ccccc3)c3ccccc3n2)c1. The van der Waals surface area contributed by atoms with Crippen molar-refractivity contribution in [1.82, 2.24) is 9.97 Å². The van der Waals surface area contributed by atoms with Gasteiger partial charge >= 0.3 is 0 Å². The molecule has 3 aromatic carbocycles. The molecule has 4 rings (SSSR count). The number of phenols is 1. The number of nitrogens with one attached hydrogen (secondary N) is 2. The molecular formula is C23H22N4O. The van der Waals surface area contributed by atoms with Crippen molar-refractivity contribution in [3.8, 4) is 5.75 Å². The number of hydrogen-bond donors (Lipinski definition) is 3. The monoisotopic (exact) mass is 370 g/mol. The number of rotatable bonds is 5. The molecule has 1 unspecified atom stereocenters. The zero-order valence-electron chi connectivity index (χ0n) is 15.8. The number of hydrogen-bond acceptors (Lipinski definition) is 5. The van der Waals surface area contributed by atoms with E-state index in [1.807, 2.05) is 61.5 Å². The summed E-state index contributed by atoms with van der Waals surface area (Å²) in [6, 6.07) is 23.6. The first-order valence-corrected chi connectivity index (χ1v) is 9.25. The van der Waals surface area contributed by atoms with Crippen LogP contribution in [-0.4, -0.2) is 15.1 Å². The van der Waals surface area contributed by atoms with Gasteiger partial charge in [-0.3, -0.25) is 0 Å². The summed E-state index contributed by atoms with van der Waals surface area (Å²) < 4.78 is 0. The summed E-state index contributed by atoms with van der Waals surface area (Å²) in [7, 11) is 0. The van der Waals surface area contributed by atoms with Gasteiger partial charge in [0.1, 0.15) is 11.6 Å². The second-order valence-corrected chi connectivity index (χ2v) is 6.84. The molecule has 0 aliphatic carbocycles. The third kappa shape index (κ3) is 3.74. The number of aryl methyl sites for hydroxylation is 1. The van der Waals surface area contributed by atoms with Gasteiger partial charge in [-0.25, -0.2) is 4.98 Å². The Morgan fingerprint density at radius 3 is 2.46 bits per heavy atom. The summed E-state index contributed by atoms with van der Waals surface area (Å²) in [6.07, 6.45) is 0. The quantitative estimate of drug-likeness (QED) is 0.401. The van der Waals surface area contributed by atoms with Crippen LogP contribution in [0.1, 0.15) is 24.1 Å². The highest BCUT2D eigenvalue weighted by molar-refractivity contribution is 5.90. The Kier molecular flexibility index (Phi) is 4.81. The van der Waals surface area contributed by atoms with Crippen LogP contribution in [0.15, 0.2) is 72.8 Å². The summed E-state index contributed by atoms with van der Waals surface area (Å²) >= 11 is 0. The number of benzene rings is 3. The number of aromatic hydroxyl groups is 1. The summed E-state index contributed by atoms with van der Waals surface area (Å²) in [5, 5.41) is 17.7. The van der Waals surface area contributed by atoms with Crippen LogP contribution in [0.25, 0.3) is 10.9 Å². The number of phenolic OH excluding ortho intramolecular Hbond substituents is 1. The molecule has 0 bridgehead atoms. The molecule has 0 radical (unpaired) electrons. The van der Waals surface area contributed by atoms with E-state index >= 15 is 0 Å². The van der Waals surface area contributed by atoms with Crippen molar-refractivity contribution < 1.29 is 5.11 Å². The molecule has 28 heavy (non-hydrogen) atoms. The van der Waals surface area contributed by atoms with Crippen LogP contribution in [0.4, 0.5) is 17.5 Å². The molecule has 0 aliphatic rings. The predicted octanol–water partition coefficient (Wildman–Crippen LogP) is 5.56. The molecule has 5 heteroatoms. The van der Waals surface area contributed by atoms with E-state index in [0.717, 1.165) is 22.3 Å². The second-order valence-electron chi connectivity index (χ2n) is 6.84. The molecule has 5 nitrogen and oxygen atoms in total. The normalized spacial score (nSPS) is 11.9. The topological polar surface area (TPSA) is 70.1 Å². The Hall–Kier alpha value is -3.60. The zero-order chi connectivity index (χ0) is 19.5. The van der Waals surface area contributed by atoms with E-state index in [1.165, 1.54) is 5.56 Å². The van der Waals surface area contributed by atoms with Crippen molar-refractivity contribution in [2.24, 2.45) is 0 Å². The highest BCUT2D eigenvalue weighted by atomic mass is 16.3. The van der Waals surface area contributed by atoms with Crippen LogP contribution < -0.4 is 10.6 Å². The van der Waals surface area contributed by atoms with Gasteiger partial charge in [0, 0.05) is 11.4 Å². The molecule has 4 aromatic rings. The minimum Gasteiger partial charge on any atom is -0.506 e. The molecule has 0 saturated carbocycles. The van der Waals surface area contributed by atoms with Gasteiger partial charge in [0.15, 0.2) is 0 Å². The van der Waals surface area contributed by atoms with E-state index in [2.05, 4.69) is 39.7 Å². The number of nitrogens with zero attached hydrogens (tertiary/aromatic N) is 2. The fraction of sp³-hybridized carbons (Fsp3) is 0.130. The lowest BCUT2D eigenvalue weighted by atomic mass is 10.1. The Balaban J connectivity index is 1.72. The number of fused-ring (bicyclic) bond motifs is 1. The highest BCUT2D eigenvalue weighted by Crippen LogP contribution is 2.30. The van der Waals surface area contributed by atoms with Gasteiger partial charge in [-0.05, 0) is 49.2 Å². The molecule has 1 atom stereocenters. The number of para-hydroxylation sites is 1. The maximum atomic E-state index is 10.1. The van der Waals surface area contributed by atoms with E-state index in [4.69, 9.17) is 0 Å². The lowest BCUT2D eigenvalue weighted by Gasteiger charge is -2.17. The summed E-state index contributed by atoms with van der Waals surface area (Å²) in [4.78, 5) is 9.30. The van der Waals surface area contributed by atoms with Gasteiger partial charge in [-0.1, -0.05) is 48.5 Å².